The summed E-state index contributed by atoms with van der Waals surface area (Å²) in [4.78, 5) is 10.9. The molecule has 136 valence electrons. The van der Waals surface area contributed by atoms with Crippen LogP contribution < -0.4 is 4.90 Å². The molecule has 5 rings (SSSR count). The van der Waals surface area contributed by atoms with Gasteiger partial charge in [-0.2, -0.15) is 4.98 Å². The first-order valence-corrected chi connectivity index (χ1v) is 9.83. The molecule has 1 N–H and O–H groups in total. The van der Waals surface area contributed by atoms with Gasteiger partial charge in [-0.25, -0.2) is 4.98 Å². The maximum atomic E-state index is 6.17. The first-order chi connectivity index (χ1) is 13.3. The Balaban J connectivity index is 1.41. The van der Waals surface area contributed by atoms with E-state index in [2.05, 4.69) is 41.4 Å². The molecule has 0 radical (unpaired) electrons. The van der Waals surface area contributed by atoms with E-state index in [4.69, 9.17) is 9.40 Å². The summed E-state index contributed by atoms with van der Waals surface area (Å²) in [6.45, 7) is 4.17. The minimum Gasteiger partial charge on any atom is -0.446 e. The number of benzene rings is 2. The topological polar surface area (TPSA) is 43.4 Å². The lowest BCUT2D eigenvalue weighted by Gasteiger charge is -2.28. The second-order valence-corrected chi connectivity index (χ2v) is 7.63. The lowest BCUT2D eigenvalue weighted by molar-refractivity contribution is -0.841. The Labute approximate surface area is 158 Å². The average molecular weight is 358 g/mol. The van der Waals surface area contributed by atoms with Crippen molar-refractivity contribution >= 4 is 27.9 Å². The Morgan fingerprint density at radius 1 is 0.963 bits per heavy atom. The number of nitrogens with zero attached hydrogens (tertiary/aromatic N) is 2. The number of aryl methyl sites for hydroxylation is 1. The Morgan fingerprint density at radius 3 is 2.52 bits per heavy atom. The van der Waals surface area contributed by atoms with E-state index >= 15 is 0 Å². The fourth-order valence-corrected chi connectivity index (χ4v) is 4.36. The smallest absolute Gasteiger partial charge is 0.273 e. The predicted molar refractivity (Wildman–Crippen MR) is 107 cm³/mol. The van der Waals surface area contributed by atoms with Crippen molar-refractivity contribution < 1.29 is 9.32 Å². The third-order valence-corrected chi connectivity index (χ3v) is 5.74. The van der Waals surface area contributed by atoms with Gasteiger partial charge in [0.25, 0.3) is 5.82 Å². The monoisotopic (exact) mass is 358 g/mol. The van der Waals surface area contributed by atoms with Gasteiger partial charge < -0.3 is 4.42 Å². The highest BCUT2D eigenvalue weighted by atomic mass is 16.3. The van der Waals surface area contributed by atoms with E-state index in [1.54, 1.807) is 0 Å². The Bertz CT molecular complexity index is 1080. The summed E-state index contributed by atoms with van der Waals surface area (Å²) in [5, 5.41) is 1.08. The van der Waals surface area contributed by atoms with Crippen molar-refractivity contribution in [3.05, 3.63) is 66.0 Å². The molecule has 0 amide bonds. The minimum absolute atomic E-state index is 0.755. The number of para-hydroxylation sites is 1. The quantitative estimate of drug-likeness (QED) is 0.605. The fraction of sp³-hybridized carbons (Fsp3) is 0.304. The van der Waals surface area contributed by atoms with E-state index in [9.17, 15) is 0 Å². The zero-order chi connectivity index (χ0) is 18.2. The largest absolute Gasteiger partial charge is 0.446 e. The first-order valence-electron chi connectivity index (χ1n) is 9.83. The molecule has 2 aromatic heterocycles. The highest BCUT2D eigenvalue weighted by Crippen LogP contribution is 2.30. The number of rotatable bonds is 3. The molecule has 4 aromatic rings. The normalized spacial score (nSPS) is 20.3. The molecule has 4 heteroatoms. The second-order valence-electron chi connectivity index (χ2n) is 7.63. The molecule has 1 fully saturated rings. The number of nitrogens with one attached hydrogen (secondary N) is 1. The Hall–Kier alpha value is -2.72. The first kappa shape index (κ1) is 16.5. The molecule has 27 heavy (non-hydrogen) atoms. The number of hydrogen-bond acceptors (Lipinski definition) is 3. The lowest BCUT2D eigenvalue weighted by atomic mass is 9.90. The van der Waals surface area contributed by atoms with Crippen LogP contribution in [0.2, 0.25) is 0 Å². The van der Waals surface area contributed by atoms with Crippen molar-refractivity contribution in [2.75, 3.05) is 13.1 Å². The van der Waals surface area contributed by atoms with Crippen LogP contribution in [0.5, 0.6) is 0 Å². The third kappa shape index (κ3) is 3.10. The van der Waals surface area contributed by atoms with Gasteiger partial charge in [-0.05, 0) is 37.0 Å². The molecule has 0 unspecified atom stereocenters. The molecule has 0 bridgehead atoms. The van der Waals surface area contributed by atoms with Crippen LogP contribution in [0.1, 0.15) is 24.2 Å². The van der Waals surface area contributed by atoms with Crippen LogP contribution in [0, 0.1) is 12.8 Å². The minimum atomic E-state index is 0.755. The van der Waals surface area contributed by atoms with Crippen LogP contribution in [0.3, 0.4) is 0 Å². The SMILES string of the molecule is Cc1nc([NH+]2CCC(Cc3ccccc3)CC2)c2oc3ccccc3c2n1. The molecule has 0 spiro atoms. The van der Waals surface area contributed by atoms with Gasteiger partial charge in [0.2, 0.25) is 5.58 Å². The van der Waals surface area contributed by atoms with Crippen LogP contribution in [0.15, 0.2) is 59.0 Å². The summed E-state index contributed by atoms with van der Waals surface area (Å²) in [5.41, 5.74) is 4.15. The van der Waals surface area contributed by atoms with Crippen LogP contribution in [-0.2, 0) is 6.42 Å². The van der Waals surface area contributed by atoms with Crippen LogP contribution in [0.4, 0.5) is 5.82 Å². The summed E-state index contributed by atoms with van der Waals surface area (Å²) in [7, 11) is 0. The zero-order valence-electron chi connectivity index (χ0n) is 15.6. The van der Waals surface area contributed by atoms with Crippen molar-refractivity contribution in [1.82, 2.24) is 9.97 Å². The summed E-state index contributed by atoms with van der Waals surface area (Å²) in [5.74, 6) is 2.61. The van der Waals surface area contributed by atoms with Crippen LogP contribution >= 0.6 is 0 Å². The van der Waals surface area contributed by atoms with Gasteiger partial charge in [-0.3, -0.25) is 4.90 Å². The highest BCUT2D eigenvalue weighted by molar-refractivity contribution is 6.04. The maximum Gasteiger partial charge on any atom is 0.273 e. The standard InChI is InChI=1S/C23H23N3O/c1-16-24-21-19-9-5-6-10-20(19)27-22(21)23(25-16)26-13-11-18(12-14-26)15-17-7-3-2-4-8-17/h2-10,18H,11-15H2,1H3/p+1. The van der Waals surface area contributed by atoms with Gasteiger partial charge in [0.1, 0.15) is 16.9 Å². The van der Waals surface area contributed by atoms with E-state index in [0.717, 1.165) is 52.7 Å². The molecular formula is C23H24N3O+. The van der Waals surface area contributed by atoms with Gasteiger partial charge in [0, 0.05) is 18.2 Å². The Morgan fingerprint density at radius 2 is 1.70 bits per heavy atom. The van der Waals surface area contributed by atoms with Gasteiger partial charge in [0.05, 0.1) is 13.1 Å². The van der Waals surface area contributed by atoms with Gasteiger partial charge in [-0.1, -0.05) is 42.5 Å². The number of fused-ring (bicyclic) bond motifs is 3. The summed E-state index contributed by atoms with van der Waals surface area (Å²) in [6, 6.07) is 19.0. The number of furan rings is 1. The number of piperidine rings is 1. The van der Waals surface area contributed by atoms with Crippen molar-refractivity contribution in [2.45, 2.75) is 26.2 Å². The third-order valence-electron chi connectivity index (χ3n) is 5.74. The molecule has 2 aromatic carbocycles. The van der Waals surface area contributed by atoms with Crippen LogP contribution in [-0.4, -0.2) is 23.1 Å². The second kappa shape index (κ2) is 6.78. The van der Waals surface area contributed by atoms with Crippen molar-refractivity contribution in [1.29, 1.82) is 0 Å². The van der Waals surface area contributed by atoms with Gasteiger partial charge in [-0.15, -0.1) is 0 Å². The molecule has 1 saturated heterocycles. The van der Waals surface area contributed by atoms with Crippen LogP contribution in [0.25, 0.3) is 22.1 Å². The van der Waals surface area contributed by atoms with E-state index in [1.165, 1.54) is 29.7 Å². The summed E-state index contributed by atoms with van der Waals surface area (Å²) >= 11 is 0. The number of hydrogen-bond donors (Lipinski definition) is 1. The fourth-order valence-electron chi connectivity index (χ4n) is 4.36. The molecule has 0 saturated carbocycles. The molecule has 4 nitrogen and oxygen atoms in total. The number of quaternary nitrogens is 1. The summed E-state index contributed by atoms with van der Waals surface area (Å²) in [6.07, 6.45) is 3.61. The van der Waals surface area contributed by atoms with E-state index < -0.39 is 0 Å². The van der Waals surface area contributed by atoms with E-state index in [0.29, 0.717) is 0 Å². The number of aromatic nitrogens is 2. The van der Waals surface area contributed by atoms with Crippen molar-refractivity contribution in [2.24, 2.45) is 5.92 Å². The van der Waals surface area contributed by atoms with Crippen molar-refractivity contribution in [3.63, 3.8) is 0 Å². The predicted octanol–water partition coefficient (Wildman–Crippen LogP) is 3.85. The zero-order valence-corrected chi connectivity index (χ0v) is 15.6. The van der Waals surface area contributed by atoms with Gasteiger partial charge >= 0.3 is 0 Å². The highest BCUT2D eigenvalue weighted by Gasteiger charge is 2.28. The molecule has 0 aliphatic carbocycles. The molecular weight excluding hydrogens is 334 g/mol. The Kier molecular flexibility index (Phi) is 4.13. The van der Waals surface area contributed by atoms with E-state index in [1.807, 2.05) is 25.1 Å². The molecule has 1 aliphatic heterocycles. The van der Waals surface area contributed by atoms with E-state index in [-0.39, 0.29) is 0 Å². The molecule has 3 heterocycles. The molecule has 0 atom stereocenters. The molecule has 1 aliphatic rings. The summed E-state index contributed by atoms with van der Waals surface area (Å²) < 4.78 is 6.17. The lowest BCUT2D eigenvalue weighted by Crippen LogP contribution is -3.08. The average Bonchev–Trinajstić information content (AvgIpc) is 3.07. The van der Waals surface area contributed by atoms with Crippen molar-refractivity contribution in [3.8, 4) is 0 Å². The maximum absolute atomic E-state index is 6.17. The van der Waals surface area contributed by atoms with Gasteiger partial charge in [0.15, 0.2) is 0 Å².